The summed E-state index contributed by atoms with van der Waals surface area (Å²) in [5.74, 6) is 0. The minimum atomic E-state index is -4.50. The molecule has 1 aromatic heterocycles. The first-order valence-corrected chi connectivity index (χ1v) is 5.57. The number of alkyl halides is 3. The van der Waals surface area contributed by atoms with Crippen LogP contribution in [0, 0.1) is 0 Å². The quantitative estimate of drug-likeness (QED) is 0.831. The Bertz CT molecular complexity index is 429. The van der Waals surface area contributed by atoms with Crippen LogP contribution in [0.3, 0.4) is 0 Å². The molecule has 0 bridgehead atoms. The molecule has 2 rings (SSSR count). The van der Waals surface area contributed by atoms with Gasteiger partial charge in [0.25, 0.3) is 5.56 Å². The molecule has 2 heterocycles. The molecule has 0 radical (unpaired) electrons. The average molecular weight is 249 g/mol. The molecule has 7 heteroatoms. The number of rotatable bonds is 2. The predicted octanol–water partition coefficient (Wildman–Crippen LogP) is 1.34. The van der Waals surface area contributed by atoms with Gasteiger partial charge in [0.15, 0.2) is 0 Å². The Labute approximate surface area is 95.8 Å². The van der Waals surface area contributed by atoms with Crippen LogP contribution in [0.2, 0.25) is 0 Å². The molecule has 4 nitrogen and oxygen atoms in total. The van der Waals surface area contributed by atoms with Crippen LogP contribution in [0.25, 0.3) is 0 Å². The van der Waals surface area contributed by atoms with Crippen molar-refractivity contribution in [2.75, 3.05) is 6.54 Å². The van der Waals surface area contributed by atoms with Crippen molar-refractivity contribution < 1.29 is 13.2 Å². The highest BCUT2D eigenvalue weighted by Gasteiger charge is 2.33. The van der Waals surface area contributed by atoms with E-state index in [0.29, 0.717) is 6.07 Å². The number of halogens is 3. The Morgan fingerprint density at radius 1 is 1.41 bits per heavy atom. The van der Waals surface area contributed by atoms with E-state index in [9.17, 15) is 18.0 Å². The summed E-state index contributed by atoms with van der Waals surface area (Å²) in [4.78, 5) is 11.4. The van der Waals surface area contributed by atoms with E-state index in [0.717, 1.165) is 30.5 Å². The van der Waals surface area contributed by atoms with Gasteiger partial charge in [0.2, 0.25) is 0 Å². The van der Waals surface area contributed by atoms with Gasteiger partial charge in [-0.2, -0.15) is 13.2 Å². The molecule has 1 aliphatic rings. The third-order valence-corrected chi connectivity index (χ3v) is 2.91. The van der Waals surface area contributed by atoms with Gasteiger partial charge >= 0.3 is 6.18 Å². The zero-order valence-corrected chi connectivity index (χ0v) is 9.18. The molecule has 1 saturated heterocycles. The van der Waals surface area contributed by atoms with Crippen LogP contribution in [0.4, 0.5) is 13.2 Å². The highest BCUT2D eigenvalue weighted by molar-refractivity contribution is 5.03. The summed E-state index contributed by atoms with van der Waals surface area (Å²) < 4.78 is 38.1. The largest absolute Gasteiger partial charge is 0.432 e. The minimum Gasteiger partial charge on any atom is -0.312 e. The van der Waals surface area contributed by atoms with Gasteiger partial charge in [0.1, 0.15) is 5.69 Å². The summed E-state index contributed by atoms with van der Waals surface area (Å²) >= 11 is 0. The van der Waals surface area contributed by atoms with Crippen molar-refractivity contribution in [1.29, 1.82) is 0 Å². The zero-order chi connectivity index (χ0) is 12.5. The lowest BCUT2D eigenvalue weighted by Crippen LogP contribution is -2.39. The number of H-pyrrole nitrogens is 1. The molecule has 17 heavy (non-hydrogen) atoms. The van der Waals surface area contributed by atoms with Crippen molar-refractivity contribution in [2.45, 2.75) is 38.0 Å². The normalized spacial score (nSPS) is 21.7. The third-order valence-electron chi connectivity index (χ3n) is 2.91. The summed E-state index contributed by atoms with van der Waals surface area (Å²) in [6.07, 6.45) is -1.50. The molecule has 0 spiro atoms. The molecule has 0 unspecified atom stereocenters. The number of aromatic nitrogens is 2. The van der Waals surface area contributed by atoms with Gasteiger partial charge in [-0.05, 0) is 19.4 Å². The van der Waals surface area contributed by atoms with Gasteiger partial charge < -0.3 is 5.32 Å². The Morgan fingerprint density at radius 2 is 2.18 bits per heavy atom. The molecule has 0 aromatic carbocycles. The fourth-order valence-corrected chi connectivity index (χ4v) is 2.02. The first-order chi connectivity index (χ1) is 7.97. The average Bonchev–Trinajstić information content (AvgIpc) is 2.62. The van der Waals surface area contributed by atoms with E-state index >= 15 is 0 Å². The van der Waals surface area contributed by atoms with Gasteiger partial charge in [-0.3, -0.25) is 14.6 Å². The fourth-order valence-electron chi connectivity index (χ4n) is 2.02. The third kappa shape index (κ3) is 2.91. The SMILES string of the molecule is O=c1cc(C(F)(F)F)[nH]n1C[C@@H]1CCCCN1. The lowest BCUT2D eigenvalue weighted by molar-refractivity contribution is -0.141. The van der Waals surface area contributed by atoms with Gasteiger partial charge in [-0.15, -0.1) is 0 Å². The summed E-state index contributed by atoms with van der Waals surface area (Å²) in [6.45, 7) is 1.11. The number of hydrogen-bond donors (Lipinski definition) is 2. The van der Waals surface area contributed by atoms with Crippen molar-refractivity contribution in [3.8, 4) is 0 Å². The second kappa shape index (κ2) is 4.56. The Balaban J connectivity index is 2.10. The molecule has 0 aliphatic carbocycles. The Morgan fingerprint density at radius 3 is 2.71 bits per heavy atom. The fraction of sp³-hybridized carbons (Fsp3) is 0.700. The standard InChI is InChI=1S/C10H14F3N3O/c11-10(12,13)8-5-9(17)16(15-8)6-7-3-1-2-4-14-7/h5,7,14-15H,1-4,6H2/t7-/m0/s1. The van der Waals surface area contributed by atoms with Gasteiger partial charge in [0.05, 0.1) is 6.54 Å². The summed E-state index contributed by atoms with van der Waals surface area (Å²) in [5.41, 5.74) is -1.62. The second-order valence-electron chi connectivity index (χ2n) is 4.26. The van der Waals surface area contributed by atoms with E-state index in [2.05, 4.69) is 10.4 Å². The van der Waals surface area contributed by atoms with E-state index in [1.54, 1.807) is 0 Å². The van der Waals surface area contributed by atoms with E-state index in [-0.39, 0.29) is 12.6 Å². The van der Waals surface area contributed by atoms with Crippen LogP contribution >= 0.6 is 0 Å². The predicted molar refractivity (Wildman–Crippen MR) is 55.7 cm³/mol. The van der Waals surface area contributed by atoms with E-state index in [1.165, 1.54) is 0 Å². The van der Waals surface area contributed by atoms with Crippen molar-refractivity contribution in [1.82, 2.24) is 15.1 Å². The lowest BCUT2D eigenvalue weighted by atomic mass is 10.1. The van der Waals surface area contributed by atoms with Crippen LogP contribution in [0.5, 0.6) is 0 Å². The maximum atomic E-state index is 12.4. The van der Waals surface area contributed by atoms with Crippen molar-refractivity contribution in [3.05, 3.63) is 22.1 Å². The van der Waals surface area contributed by atoms with Crippen molar-refractivity contribution >= 4 is 0 Å². The van der Waals surface area contributed by atoms with Crippen LogP contribution in [-0.2, 0) is 12.7 Å². The molecule has 1 atom stereocenters. The van der Waals surface area contributed by atoms with Crippen LogP contribution < -0.4 is 10.9 Å². The molecule has 2 N–H and O–H groups in total. The molecule has 0 amide bonds. The smallest absolute Gasteiger partial charge is 0.312 e. The number of nitrogens with zero attached hydrogens (tertiary/aromatic N) is 1. The van der Waals surface area contributed by atoms with Crippen molar-refractivity contribution in [2.24, 2.45) is 0 Å². The van der Waals surface area contributed by atoms with E-state index in [4.69, 9.17) is 0 Å². The lowest BCUT2D eigenvalue weighted by Gasteiger charge is -2.23. The molecule has 0 saturated carbocycles. The Hall–Kier alpha value is -1.24. The molecule has 1 aromatic rings. The zero-order valence-electron chi connectivity index (χ0n) is 9.18. The topological polar surface area (TPSA) is 49.8 Å². The van der Waals surface area contributed by atoms with Gasteiger partial charge in [-0.1, -0.05) is 6.42 Å². The van der Waals surface area contributed by atoms with Crippen molar-refractivity contribution in [3.63, 3.8) is 0 Å². The molecule has 1 aliphatic heterocycles. The first-order valence-electron chi connectivity index (χ1n) is 5.57. The Kier molecular flexibility index (Phi) is 3.28. The van der Waals surface area contributed by atoms with Crippen LogP contribution in [0.15, 0.2) is 10.9 Å². The number of hydrogen-bond acceptors (Lipinski definition) is 2. The summed E-state index contributed by atoms with van der Waals surface area (Å²) in [6, 6.07) is 0.671. The molecular weight excluding hydrogens is 235 g/mol. The van der Waals surface area contributed by atoms with Gasteiger partial charge in [-0.25, -0.2) is 0 Å². The van der Waals surface area contributed by atoms with E-state index in [1.807, 2.05) is 0 Å². The number of nitrogens with one attached hydrogen (secondary N) is 2. The van der Waals surface area contributed by atoms with Gasteiger partial charge in [0, 0.05) is 12.1 Å². The maximum absolute atomic E-state index is 12.4. The van der Waals surface area contributed by atoms with Crippen LogP contribution in [-0.4, -0.2) is 22.4 Å². The molecule has 96 valence electrons. The molecule has 1 fully saturated rings. The summed E-state index contributed by atoms with van der Waals surface area (Å²) in [5, 5.41) is 5.29. The highest BCUT2D eigenvalue weighted by atomic mass is 19.4. The number of piperidine rings is 1. The first kappa shape index (κ1) is 12.2. The minimum absolute atomic E-state index is 0.0705. The monoisotopic (exact) mass is 249 g/mol. The number of aromatic amines is 1. The summed E-state index contributed by atoms with van der Waals surface area (Å²) in [7, 11) is 0. The van der Waals surface area contributed by atoms with E-state index < -0.39 is 17.4 Å². The maximum Gasteiger partial charge on any atom is 0.432 e. The highest BCUT2D eigenvalue weighted by Crippen LogP contribution is 2.26. The second-order valence-corrected chi connectivity index (χ2v) is 4.26. The molecular formula is C10H14F3N3O. The van der Waals surface area contributed by atoms with Crippen LogP contribution in [0.1, 0.15) is 25.0 Å².